The molecule has 7 nitrogen and oxygen atoms in total. The van der Waals surface area contributed by atoms with Crippen LogP contribution in [0, 0.1) is 0 Å². The topological polar surface area (TPSA) is 87.4 Å². The minimum absolute atomic E-state index is 0.00433. The molecule has 3 aromatic heterocycles. The van der Waals surface area contributed by atoms with Gasteiger partial charge in [0, 0.05) is 31.7 Å². The number of nitrogens with zero attached hydrogens (tertiary/aromatic N) is 4. The van der Waals surface area contributed by atoms with Crippen LogP contribution < -0.4 is 10.6 Å². The molecule has 3 N–H and O–H groups in total. The van der Waals surface area contributed by atoms with Crippen molar-refractivity contribution in [3.05, 3.63) is 42.5 Å². The summed E-state index contributed by atoms with van der Waals surface area (Å²) < 4.78 is 15.5. The number of halogens is 1. The van der Waals surface area contributed by atoms with Gasteiger partial charge in [0.05, 0.1) is 29.5 Å². The molecule has 4 rings (SSSR count). The molecule has 0 aliphatic carbocycles. The van der Waals surface area contributed by atoms with Crippen LogP contribution in [0.4, 0.5) is 10.2 Å². The lowest BCUT2D eigenvalue weighted by Crippen LogP contribution is -2.44. The summed E-state index contributed by atoms with van der Waals surface area (Å²) in [5.41, 5.74) is 1.71. The second-order valence-corrected chi connectivity index (χ2v) is 7.44. The first-order valence-electron chi connectivity index (χ1n) is 9.05. The monoisotopic (exact) mass is 370 g/mol. The largest absolute Gasteiger partial charge is 0.384 e. The van der Waals surface area contributed by atoms with Gasteiger partial charge in [-0.1, -0.05) is 6.07 Å². The molecule has 0 amide bonds. The maximum absolute atomic E-state index is 13.6. The van der Waals surface area contributed by atoms with Crippen molar-refractivity contribution in [1.29, 1.82) is 0 Å². The molecule has 0 saturated carbocycles. The van der Waals surface area contributed by atoms with Gasteiger partial charge in [0.1, 0.15) is 17.6 Å². The van der Waals surface area contributed by atoms with Crippen molar-refractivity contribution in [1.82, 2.24) is 24.7 Å². The van der Waals surface area contributed by atoms with Crippen LogP contribution in [0.2, 0.25) is 0 Å². The van der Waals surface area contributed by atoms with Crippen molar-refractivity contribution < 1.29 is 9.50 Å². The predicted octanol–water partition coefficient (Wildman–Crippen LogP) is 2.13. The fourth-order valence-electron chi connectivity index (χ4n) is 3.26. The van der Waals surface area contributed by atoms with Crippen molar-refractivity contribution in [2.75, 3.05) is 18.4 Å². The fraction of sp³-hybridized carbons (Fsp3) is 0.421. The zero-order valence-electron chi connectivity index (χ0n) is 15.4. The van der Waals surface area contributed by atoms with E-state index in [1.54, 1.807) is 32.4 Å². The van der Waals surface area contributed by atoms with Crippen molar-refractivity contribution in [3.63, 3.8) is 0 Å². The molecule has 27 heavy (non-hydrogen) atoms. The summed E-state index contributed by atoms with van der Waals surface area (Å²) >= 11 is 0. The van der Waals surface area contributed by atoms with Crippen molar-refractivity contribution in [2.24, 2.45) is 0 Å². The highest BCUT2D eigenvalue weighted by molar-refractivity contribution is 5.61. The zero-order chi connectivity index (χ0) is 19.0. The molecule has 142 valence electrons. The van der Waals surface area contributed by atoms with Crippen LogP contribution in [0.25, 0.3) is 17.0 Å². The third-order valence-electron chi connectivity index (χ3n) is 4.68. The van der Waals surface area contributed by atoms with E-state index in [-0.39, 0.29) is 6.04 Å². The van der Waals surface area contributed by atoms with Gasteiger partial charge in [-0.15, -0.1) is 0 Å². The second kappa shape index (κ2) is 6.86. The number of aromatic nitrogens is 4. The van der Waals surface area contributed by atoms with E-state index in [9.17, 15) is 9.50 Å². The second-order valence-electron chi connectivity index (χ2n) is 7.44. The van der Waals surface area contributed by atoms with Gasteiger partial charge in [0.25, 0.3) is 0 Å². The average molecular weight is 370 g/mol. The van der Waals surface area contributed by atoms with E-state index in [2.05, 4.69) is 25.6 Å². The Bertz CT molecular complexity index is 951. The number of aliphatic hydroxyl groups is 1. The fourth-order valence-corrected chi connectivity index (χ4v) is 3.26. The smallest absolute Gasteiger partial charge is 0.155 e. The normalized spacial score (nSPS) is 20.7. The molecule has 4 heterocycles. The van der Waals surface area contributed by atoms with Gasteiger partial charge in [-0.05, 0) is 26.0 Å². The van der Waals surface area contributed by atoms with Crippen LogP contribution in [0.1, 0.15) is 26.0 Å². The van der Waals surface area contributed by atoms with Crippen LogP contribution in [0.15, 0.2) is 36.8 Å². The summed E-state index contributed by atoms with van der Waals surface area (Å²) in [5, 5.41) is 16.6. The van der Waals surface area contributed by atoms with E-state index in [1.807, 2.05) is 22.6 Å². The van der Waals surface area contributed by atoms with Gasteiger partial charge in [-0.3, -0.25) is 9.38 Å². The molecule has 0 bridgehead atoms. The molecule has 3 aromatic rings. The predicted molar refractivity (Wildman–Crippen MR) is 101 cm³/mol. The molecule has 0 spiro atoms. The van der Waals surface area contributed by atoms with Crippen molar-refractivity contribution >= 4 is 11.5 Å². The number of fused-ring (bicyclic) bond motifs is 1. The van der Waals surface area contributed by atoms with Gasteiger partial charge < -0.3 is 15.7 Å². The van der Waals surface area contributed by atoms with Gasteiger partial charge in [-0.25, -0.2) is 14.4 Å². The first-order chi connectivity index (χ1) is 12.9. The quantitative estimate of drug-likeness (QED) is 0.652. The maximum Gasteiger partial charge on any atom is 0.155 e. The lowest BCUT2D eigenvalue weighted by Gasteiger charge is -2.26. The van der Waals surface area contributed by atoms with Gasteiger partial charge in [0.15, 0.2) is 5.65 Å². The van der Waals surface area contributed by atoms with Gasteiger partial charge in [0.2, 0.25) is 0 Å². The summed E-state index contributed by atoms with van der Waals surface area (Å²) in [4.78, 5) is 13.3. The van der Waals surface area contributed by atoms with Crippen molar-refractivity contribution in [3.8, 4) is 11.4 Å². The summed E-state index contributed by atoms with van der Waals surface area (Å²) in [6.45, 7) is 4.50. The number of alkyl halides is 1. The number of imidazole rings is 1. The number of piperidine rings is 1. The number of anilines is 1. The van der Waals surface area contributed by atoms with Crippen LogP contribution in [0.5, 0.6) is 0 Å². The molecular formula is C19H23FN6O. The highest BCUT2D eigenvalue weighted by Crippen LogP contribution is 2.24. The van der Waals surface area contributed by atoms with E-state index in [0.29, 0.717) is 36.7 Å². The first-order valence-corrected chi connectivity index (χ1v) is 9.05. The third kappa shape index (κ3) is 3.77. The lowest BCUT2D eigenvalue weighted by atomic mass is 10.1. The van der Waals surface area contributed by atoms with Gasteiger partial charge in [-0.2, -0.15) is 0 Å². The van der Waals surface area contributed by atoms with E-state index in [4.69, 9.17) is 0 Å². The van der Waals surface area contributed by atoms with Crippen LogP contribution in [0.3, 0.4) is 0 Å². The maximum atomic E-state index is 13.6. The molecule has 2 unspecified atom stereocenters. The van der Waals surface area contributed by atoms with E-state index >= 15 is 0 Å². The Hall–Kier alpha value is -2.58. The molecular weight excluding hydrogens is 347 g/mol. The van der Waals surface area contributed by atoms with E-state index in [0.717, 1.165) is 11.4 Å². The van der Waals surface area contributed by atoms with Crippen LogP contribution >= 0.6 is 0 Å². The number of rotatable bonds is 4. The lowest BCUT2D eigenvalue weighted by molar-refractivity contribution is 0.0734. The standard InChI is InChI=1S/C19H23FN6O/c1-19(2,27)16-11-26-15(9-23-18(26)10-22-16)14-4-3-5-17(25-14)24-13-6-12(20)7-21-8-13/h3-5,9-13,21,27H,6-8H2,1-2H3,(H,24,25). The summed E-state index contributed by atoms with van der Waals surface area (Å²) in [6.07, 6.45) is 4.77. The highest BCUT2D eigenvalue weighted by atomic mass is 19.1. The Morgan fingerprint density at radius 1 is 1.26 bits per heavy atom. The molecule has 1 aliphatic rings. The number of hydrogen-bond acceptors (Lipinski definition) is 6. The van der Waals surface area contributed by atoms with Crippen LogP contribution in [-0.2, 0) is 5.60 Å². The molecule has 0 radical (unpaired) electrons. The van der Waals surface area contributed by atoms with Gasteiger partial charge >= 0.3 is 0 Å². The van der Waals surface area contributed by atoms with E-state index < -0.39 is 11.8 Å². The Balaban J connectivity index is 1.65. The Kier molecular flexibility index (Phi) is 4.53. The molecule has 8 heteroatoms. The summed E-state index contributed by atoms with van der Waals surface area (Å²) in [5.74, 6) is 0.695. The average Bonchev–Trinajstić information content (AvgIpc) is 3.04. The highest BCUT2D eigenvalue weighted by Gasteiger charge is 2.22. The SMILES string of the molecule is CC(C)(O)c1cn2c(-c3cccc(NC4CNCC(F)C4)n3)cnc2cn1. The minimum Gasteiger partial charge on any atom is -0.384 e. The number of hydrogen-bond donors (Lipinski definition) is 3. The third-order valence-corrected chi connectivity index (χ3v) is 4.68. The van der Waals surface area contributed by atoms with Crippen molar-refractivity contribution in [2.45, 2.75) is 38.1 Å². The molecule has 1 saturated heterocycles. The molecule has 1 aliphatic heterocycles. The van der Waals surface area contributed by atoms with Crippen LogP contribution in [-0.4, -0.2) is 49.8 Å². The summed E-state index contributed by atoms with van der Waals surface area (Å²) in [7, 11) is 0. The zero-order valence-corrected chi connectivity index (χ0v) is 15.4. The molecule has 2 atom stereocenters. The van der Waals surface area contributed by atoms with E-state index in [1.165, 1.54) is 0 Å². The molecule has 1 fully saturated rings. The molecule has 0 aromatic carbocycles. The first kappa shape index (κ1) is 17.8. The number of nitrogens with one attached hydrogen (secondary N) is 2. The number of pyridine rings is 1. The summed E-state index contributed by atoms with van der Waals surface area (Å²) in [6, 6.07) is 5.68. The Morgan fingerprint density at radius 2 is 2.11 bits per heavy atom. The Labute approximate surface area is 156 Å². The minimum atomic E-state index is -1.05. The Morgan fingerprint density at radius 3 is 2.89 bits per heavy atom.